The first-order valence-corrected chi connectivity index (χ1v) is 8.25. The monoisotopic (exact) mass is 309 g/mol. The molecule has 0 radical (unpaired) electrons. The van der Waals surface area contributed by atoms with Crippen LogP contribution in [-0.2, 0) is 4.79 Å². The van der Waals surface area contributed by atoms with Gasteiger partial charge in [0.15, 0.2) is 0 Å². The second-order valence-electron chi connectivity index (χ2n) is 6.16. The maximum Gasteiger partial charge on any atom is 0.244 e. The number of amides is 1. The zero-order chi connectivity index (χ0) is 16.2. The molecule has 1 fully saturated rings. The Morgan fingerprint density at radius 3 is 2.61 bits per heavy atom. The summed E-state index contributed by atoms with van der Waals surface area (Å²) < 4.78 is 1.92. The van der Waals surface area contributed by atoms with Crippen molar-refractivity contribution in [1.29, 1.82) is 0 Å². The maximum atomic E-state index is 12.0. The predicted octanol–water partition coefficient (Wildman–Crippen LogP) is 3.56. The van der Waals surface area contributed by atoms with Gasteiger partial charge in [0.1, 0.15) is 0 Å². The molecule has 1 saturated carbocycles. The van der Waals surface area contributed by atoms with Gasteiger partial charge in [-0.1, -0.05) is 31.0 Å². The Kier molecular flexibility index (Phi) is 4.60. The van der Waals surface area contributed by atoms with Crippen LogP contribution in [0.3, 0.4) is 0 Å². The van der Waals surface area contributed by atoms with Crippen LogP contribution in [0, 0.1) is 13.8 Å². The molecule has 0 aliphatic heterocycles. The van der Waals surface area contributed by atoms with Gasteiger partial charge in [-0.2, -0.15) is 5.10 Å². The van der Waals surface area contributed by atoms with Crippen molar-refractivity contribution in [3.05, 3.63) is 53.4 Å². The molecular weight excluding hydrogens is 286 g/mol. The SMILES string of the molecule is Cc1nn(-c2ccccc2)c(C)c1/C=C/C(=O)NC1CCCC1. The van der Waals surface area contributed by atoms with Crippen LogP contribution in [0.5, 0.6) is 0 Å². The van der Waals surface area contributed by atoms with Gasteiger partial charge in [0.05, 0.1) is 11.4 Å². The molecule has 1 aromatic heterocycles. The fourth-order valence-corrected chi connectivity index (χ4v) is 3.20. The Morgan fingerprint density at radius 1 is 1.22 bits per heavy atom. The van der Waals surface area contributed by atoms with E-state index in [1.54, 1.807) is 6.08 Å². The third-order valence-corrected chi connectivity index (χ3v) is 4.45. The Balaban J connectivity index is 1.76. The average Bonchev–Trinajstić information content (AvgIpc) is 3.15. The van der Waals surface area contributed by atoms with Crippen molar-refractivity contribution in [3.63, 3.8) is 0 Å². The van der Waals surface area contributed by atoms with Crippen LogP contribution < -0.4 is 5.32 Å². The van der Waals surface area contributed by atoms with Crippen LogP contribution in [0.4, 0.5) is 0 Å². The average molecular weight is 309 g/mol. The van der Waals surface area contributed by atoms with E-state index in [0.717, 1.165) is 35.5 Å². The van der Waals surface area contributed by atoms with E-state index in [1.165, 1.54) is 12.8 Å². The summed E-state index contributed by atoms with van der Waals surface area (Å²) in [7, 11) is 0. The fraction of sp³-hybridized carbons (Fsp3) is 0.368. The van der Waals surface area contributed by atoms with Crippen LogP contribution in [0.2, 0.25) is 0 Å². The number of carbonyl (C=O) groups is 1. The number of nitrogens with zero attached hydrogens (tertiary/aromatic N) is 2. The standard InChI is InChI=1S/C19H23N3O/c1-14-18(12-13-19(23)20-16-8-6-7-9-16)15(2)22(21-14)17-10-4-3-5-11-17/h3-5,10-13,16H,6-9H2,1-2H3,(H,20,23)/b13-12+. The predicted molar refractivity (Wildman–Crippen MR) is 92.5 cm³/mol. The highest BCUT2D eigenvalue weighted by atomic mass is 16.1. The molecule has 0 spiro atoms. The van der Waals surface area contributed by atoms with Gasteiger partial charge in [0, 0.05) is 23.4 Å². The van der Waals surface area contributed by atoms with E-state index in [4.69, 9.17) is 0 Å². The van der Waals surface area contributed by atoms with Gasteiger partial charge < -0.3 is 5.32 Å². The van der Waals surface area contributed by atoms with E-state index in [2.05, 4.69) is 10.4 Å². The summed E-state index contributed by atoms with van der Waals surface area (Å²) in [5, 5.41) is 7.67. The summed E-state index contributed by atoms with van der Waals surface area (Å²) in [6.07, 6.45) is 8.15. The van der Waals surface area contributed by atoms with E-state index < -0.39 is 0 Å². The molecule has 3 rings (SSSR count). The first kappa shape index (κ1) is 15.5. The molecule has 120 valence electrons. The minimum atomic E-state index is -0.0110. The molecule has 0 saturated heterocycles. The second-order valence-corrected chi connectivity index (χ2v) is 6.16. The number of para-hydroxylation sites is 1. The molecule has 1 amide bonds. The zero-order valence-corrected chi connectivity index (χ0v) is 13.7. The molecule has 23 heavy (non-hydrogen) atoms. The van der Waals surface area contributed by atoms with E-state index in [1.807, 2.05) is 54.9 Å². The Labute approximate surface area is 137 Å². The maximum absolute atomic E-state index is 12.0. The third-order valence-electron chi connectivity index (χ3n) is 4.45. The van der Waals surface area contributed by atoms with Crippen molar-refractivity contribution in [2.75, 3.05) is 0 Å². The van der Waals surface area contributed by atoms with E-state index in [0.29, 0.717) is 6.04 Å². The highest BCUT2D eigenvalue weighted by Crippen LogP contribution is 2.20. The van der Waals surface area contributed by atoms with Crippen molar-refractivity contribution in [2.45, 2.75) is 45.6 Å². The lowest BCUT2D eigenvalue weighted by atomic mass is 10.1. The quantitative estimate of drug-likeness (QED) is 0.878. The van der Waals surface area contributed by atoms with Crippen LogP contribution in [0.1, 0.15) is 42.6 Å². The lowest BCUT2D eigenvalue weighted by molar-refractivity contribution is -0.117. The van der Waals surface area contributed by atoms with Crippen molar-refractivity contribution in [2.24, 2.45) is 0 Å². The molecule has 1 aliphatic carbocycles. The number of hydrogen-bond acceptors (Lipinski definition) is 2. The molecule has 0 atom stereocenters. The molecule has 1 aromatic carbocycles. The summed E-state index contributed by atoms with van der Waals surface area (Å²) in [4.78, 5) is 12.0. The first-order chi connectivity index (χ1) is 11.1. The zero-order valence-electron chi connectivity index (χ0n) is 13.7. The molecule has 1 aliphatic rings. The van der Waals surface area contributed by atoms with Crippen LogP contribution in [0.15, 0.2) is 36.4 Å². The van der Waals surface area contributed by atoms with E-state index in [-0.39, 0.29) is 5.91 Å². The molecular formula is C19H23N3O. The van der Waals surface area contributed by atoms with E-state index in [9.17, 15) is 4.79 Å². The van der Waals surface area contributed by atoms with Crippen LogP contribution in [-0.4, -0.2) is 21.7 Å². The second kappa shape index (κ2) is 6.82. The lowest BCUT2D eigenvalue weighted by Crippen LogP contribution is -2.30. The highest BCUT2D eigenvalue weighted by molar-refractivity contribution is 5.92. The van der Waals surface area contributed by atoms with Gasteiger partial charge >= 0.3 is 0 Å². The first-order valence-electron chi connectivity index (χ1n) is 8.25. The van der Waals surface area contributed by atoms with Crippen LogP contribution in [0.25, 0.3) is 11.8 Å². The topological polar surface area (TPSA) is 46.9 Å². The minimum absolute atomic E-state index is 0.0110. The number of aryl methyl sites for hydroxylation is 1. The van der Waals surface area contributed by atoms with Crippen LogP contribution >= 0.6 is 0 Å². The summed E-state index contributed by atoms with van der Waals surface area (Å²) in [5.41, 5.74) is 4.01. The largest absolute Gasteiger partial charge is 0.350 e. The minimum Gasteiger partial charge on any atom is -0.350 e. The number of rotatable bonds is 4. The van der Waals surface area contributed by atoms with Gasteiger partial charge in [-0.15, -0.1) is 0 Å². The fourth-order valence-electron chi connectivity index (χ4n) is 3.20. The number of benzene rings is 1. The van der Waals surface area contributed by atoms with Crippen molar-refractivity contribution in [3.8, 4) is 5.69 Å². The highest BCUT2D eigenvalue weighted by Gasteiger charge is 2.16. The molecule has 4 nitrogen and oxygen atoms in total. The van der Waals surface area contributed by atoms with Crippen molar-refractivity contribution < 1.29 is 4.79 Å². The van der Waals surface area contributed by atoms with Gasteiger partial charge in [0.25, 0.3) is 0 Å². The lowest BCUT2D eigenvalue weighted by Gasteiger charge is -2.09. The van der Waals surface area contributed by atoms with Crippen molar-refractivity contribution in [1.82, 2.24) is 15.1 Å². The van der Waals surface area contributed by atoms with Gasteiger partial charge in [-0.05, 0) is 44.9 Å². The molecule has 2 aromatic rings. The Morgan fingerprint density at radius 2 is 1.91 bits per heavy atom. The molecule has 1 heterocycles. The van der Waals surface area contributed by atoms with Gasteiger partial charge in [0.2, 0.25) is 5.91 Å². The van der Waals surface area contributed by atoms with Gasteiger partial charge in [-0.3, -0.25) is 4.79 Å². The van der Waals surface area contributed by atoms with E-state index >= 15 is 0 Å². The number of carbonyl (C=O) groups excluding carboxylic acids is 1. The molecule has 1 N–H and O–H groups in total. The molecule has 0 bridgehead atoms. The summed E-state index contributed by atoms with van der Waals surface area (Å²) in [6.45, 7) is 4.00. The third kappa shape index (κ3) is 3.52. The normalized spacial score (nSPS) is 15.4. The summed E-state index contributed by atoms with van der Waals surface area (Å²) in [5.74, 6) is -0.0110. The number of nitrogens with one attached hydrogen (secondary N) is 1. The summed E-state index contributed by atoms with van der Waals surface area (Å²) in [6, 6.07) is 10.4. The Bertz CT molecular complexity index is 710. The number of hydrogen-bond donors (Lipinski definition) is 1. The molecule has 4 heteroatoms. The number of aromatic nitrogens is 2. The smallest absolute Gasteiger partial charge is 0.244 e. The molecule has 0 unspecified atom stereocenters. The Hall–Kier alpha value is -2.36. The summed E-state index contributed by atoms with van der Waals surface area (Å²) >= 11 is 0. The van der Waals surface area contributed by atoms with Crippen molar-refractivity contribution >= 4 is 12.0 Å². The van der Waals surface area contributed by atoms with Gasteiger partial charge in [-0.25, -0.2) is 4.68 Å².